The molecule has 0 N–H and O–H groups in total. The SMILES string of the molecule is CC(C#N)S(=O)c1ccccc1[N+](=O)[O-]. The third kappa shape index (κ3) is 2.39. The zero-order valence-corrected chi connectivity index (χ0v) is 8.73. The highest BCUT2D eigenvalue weighted by molar-refractivity contribution is 7.86. The molecule has 5 nitrogen and oxygen atoms in total. The van der Waals surface area contributed by atoms with Gasteiger partial charge in [0.1, 0.15) is 10.1 Å². The van der Waals surface area contributed by atoms with Crippen molar-refractivity contribution in [2.45, 2.75) is 17.1 Å². The summed E-state index contributed by atoms with van der Waals surface area (Å²) in [5.74, 6) is 0. The van der Waals surface area contributed by atoms with Crippen LogP contribution in [0, 0.1) is 21.4 Å². The van der Waals surface area contributed by atoms with Gasteiger partial charge in [-0.25, -0.2) is 0 Å². The normalized spacial score (nSPS) is 13.9. The van der Waals surface area contributed by atoms with E-state index in [2.05, 4.69) is 0 Å². The van der Waals surface area contributed by atoms with E-state index in [-0.39, 0.29) is 10.6 Å². The van der Waals surface area contributed by atoms with Crippen molar-refractivity contribution in [3.8, 4) is 6.07 Å². The molecule has 0 spiro atoms. The zero-order valence-electron chi connectivity index (χ0n) is 7.91. The lowest BCUT2D eigenvalue weighted by atomic mass is 10.3. The summed E-state index contributed by atoms with van der Waals surface area (Å²) < 4.78 is 11.7. The molecule has 0 aromatic heterocycles. The quantitative estimate of drug-likeness (QED) is 0.576. The molecule has 0 aliphatic heterocycles. The molecule has 0 heterocycles. The lowest BCUT2D eigenvalue weighted by Crippen LogP contribution is -2.09. The molecule has 0 saturated carbocycles. The average molecular weight is 224 g/mol. The number of nitro groups is 1. The molecular formula is C9H8N2O3S. The van der Waals surface area contributed by atoms with Gasteiger partial charge in [0.05, 0.1) is 21.8 Å². The minimum absolute atomic E-state index is 0.0940. The zero-order chi connectivity index (χ0) is 11.4. The molecule has 6 heteroatoms. The van der Waals surface area contributed by atoms with Crippen molar-refractivity contribution in [3.63, 3.8) is 0 Å². The summed E-state index contributed by atoms with van der Waals surface area (Å²) in [6.07, 6.45) is 0. The fraction of sp³-hybridized carbons (Fsp3) is 0.222. The fourth-order valence-corrected chi connectivity index (χ4v) is 2.05. The largest absolute Gasteiger partial charge is 0.285 e. The number of rotatable bonds is 3. The Labute approximate surface area is 88.9 Å². The second kappa shape index (κ2) is 4.66. The summed E-state index contributed by atoms with van der Waals surface area (Å²) in [5.41, 5.74) is -0.210. The van der Waals surface area contributed by atoms with Crippen LogP contribution < -0.4 is 0 Å². The maximum absolute atomic E-state index is 11.7. The maximum atomic E-state index is 11.7. The second-order valence-corrected chi connectivity index (χ2v) is 4.54. The summed E-state index contributed by atoms with van der Waals surface area (Å²) in [5, 5.41) is 18.5. The highest BCUT2D eigenvalue weighted by atomic mass is 32.2. The van der Waals surface area contributed by atoms with Gasteiger partial charge in [0, 0.05) is 6.07 Å². The Balaban J connectivity index is 3.21. The number of para-hydroxylation sites is 1. The monoisotopic (exact) mass is 224 g/mol. The van der Waals surface area contributed by atoms with Crippen LogP contribution in [0.2, 0.25) is 0 Å². The van der Waals surface area contributed by atoms with E-state index in [1.54, 1.807) is 12.1 Å². The number of nitrogens with zero attached hydrogens (tertiary/aromatic N) is 2. The van der Waals surface area contributed by atoms with Crippen molar-refractivity contribution in [2.24, 2.45) is 0 Å². The van der Waals surface area contributed by atoms with Crippen molar-refractivity contribution in [1.29, 1.82) is 5.26 Å². The smallest absolute Gasteiger partial charge is 0.258 e. The van der Waals surface area contributed by atoms with Crippen LogP contribution in [0.1, 0.15) is 6.92 Å². The predicted octanol–water partition coefficient (Wildman–Crippen LogP) is 1.61. The van der Waals surface area contributed by atoms with E-state index < -0.39 is 21.0 Å². The van der Waals surface area contributed by atoms with Gasteiger partial charge in [0.2, 0.25) is 0 Å². The first-order valence-electron chi connectivity index (χ1n) is 4.11. The lowest BCUT2D eigenvalue weighted by molar-refractivity contribution is -0.387. The van der Waals surface area contributed by atoms with Gasteiger partial charge in [-0.3, -0.25) is 14.3 Å². The van der Waals surface area contributed by atoms with E-state index in [1.165, 1.54) is 25.1 Å². The van der Waals surface area contributed by atoms with E-state index in [0.717, 1.165) is 0 Å². The predicted molar refractivity (Wildman–Crippen MR) is 54.6 cm³/mol. The van der Waals surface area contributed by atoms with Crippen LogP contribution >= 0.6 is 0 Å². The molecule has 1 aromatic carbocycles. The summed E-state index contributed by atoms with van der Waals surface area (Å²) >= 11 is 0. The lowest BCUT2D eigenvalue weighted by Gasteiger charge is -2.03. The van der Waals surface area contributed by atoms with Gasteiger partial charge in [0.15, 0.2) is 0 Å². The number of hydrogen-bond acceptors (Lipinski definition) is 4. The van der Waals surface area contributed by atoms with Crippen LogP contribution in [0.3, 0.4) is 0 Å². The Morgan fingerprint density at radius 3 is 2.67 bits per heavy atom. The fourth-order valence-electron chi connectivity index (χ4n) is 1.02. The van der Waals surface area contributed by atoms with Crippen molar-refractivity contribution in [2.75, 3.05) is 0 Å². The van der Waals surface area contributed by atoms with Crippen molar-refractivity contribution in [1.82, 2.24) is 0 Å². The van der Waals surface area contributed by atoms with Gasteiger partial charge in [0.25, 0.3) is 5.69 Å². The molecule has 0 aliphatic rings. The minimum atomic E-state index is -1.66. The Morgan fingerprint density at radius 2 is 2.13 bits per heavy atom. The molecule has 2 unspecified atom stereocenters. The molecule has 0 radical (unpaired) electrons. The van der Waals surface area contributed by atoms with E-state index >= 15 is 0 Å². The van der Waals surface area contributed by atoms with E-state index in [9.17, 15) is 14.3 Å². The summed E-state index contributed by atoms with van der Waals surface area (Å²) in [6.45, 7) is 1.47. The number of nitro benzene ring substituents is 1. The van der Waals surface area contributed by atoms with Crippen LogP contribution in [-0.4, -0.2) is 14.4 Å². The highest BCUT2D eigenvalue weighted by Crippen LogP contribution is 2.23. The maximum Gasteiger partial charge on any atom is 0.285 e. The minimum Gasteiger partial charge on any atom is -0.258 e. The average Bonchev–Trinajstić information content (AvgIpc) is 2.27. The van der Waals surface area contributed by atoms with Gasteiger partial charge in [-0.2, -0.15) is 5.26 Å². The van der Waals surface area contributed by atoms with Crippen LogP contribution in [0.4, 0.5) is 5.69 Å². The first kappa shape index (κ1) is 11.3. The van der Waals surface area contributed by atoms with Crippen LogP contribution in [-0.2, 0) is 10.8 Å². The first-order chi connectivity index (χ1) is 7.07. The Hall–Kier alpha value is -1.74. The van der Waals surface area contributed by atoms with Crippen molar-refractivity contribution in [3.05, 3.63) is 34.4 Å². The van der Waals surface area contributed by atoms with Gasteiger partial charge < -0.3 is 0 Å². The topological polar surface area (TPSA) is 84.0 Å². The Morgan fingerprint density at radius 1 is 1.53 bits per heavy atom. The molecule has 0 saturated heterocycles. The Kier molecular flexibility index (Phi) is 3.52. The molecule has 1 aromatic rings. The molecule has 0 amide bonds. The van der Waals surface area contributed by atoms with Crippen molar-refractivity contribution >= 4 is 16.5 Å². The van der Waals surface area contributed by atoms with Crippen molar-refractivity contribution < 1.29 is 9.13 Å². The van der Waals surface area contributed by atoms with Gasteiger partial charge in [-0.05, 0) is 13.0 Å². The Bertz CT molecular complexity index is 453. The highest BCUT2D eigenvalue weighted by Gasteiger charge is 2.21. The first-order valence-corrected chi connectivity index (χ1v) is 5.33. The second-order valence-electron chi connectivity index (χ2n) is 2.79. The summed E-state index contributed by atoms with van der Waals surface area (Å²) in [7, 11) is -1.66. The molecule has 78 valence electrons. The van der Waals surface area contributed by atoms with Gasteiger partial charge in [-0.1, -0.05) is 12.1 Å². The standard InChI is InChI=1S/C9H8N2O3S/c1-7(6-10)15(14)9-5-3-2-4-8(9)11(12)13/h2-5,7H,1H3. The molecular weight excluding hydrogens is 216 g/mol. The van der Waals surface area contributed by atoms with Crippen LogP contribution in [0.15, 0.2) is 29.2 Å². The third-order valence-corrected chi connectivity index (χ3v) is 3.31. The van der Waals surface area contributed by atoms with Crippen LogP contribution in [0.5, 0.6) is 0 Å². The van der Waals surface area contributed by atoms with Crippen LogP contribution in [0.25, 0.3) is 0 Å². The van der Waals surface area contributed by atoms with Gasteiger partial charge in [-0.15, -0.1) is 0 Å². The molecule has 2 atom stereocenters. The molecule has 15 heavy (non-hydrogen) atoms. The number of nitriles is 1. The molecule has 1 rings (SSSR count). The molecule has 0 fully saturated rings. The number of benzene rings is 1. The van der Waals surface area contributed by atoms with Gasteiger partial charge >= 0.3 is 0 Å². The molecule has 0 aliphatic carbocycles. The molecule has 0 bridgehead atoms. The third-order valence-electron chi connectivity index (χ3n) is 1.78. The number of hydrogen-bond donors (Lipinski definition) is 0. The van der Waals surface area contributed by atoms with E-state index in [4.69, 9.17) is 5.26 Å². The van der Waals surface area contributed by atoms with E-state index in [0.29, 0.717) is 0 Å². The summed E-state index contributed by atoms with van der Waals surface area (Å²) in [6, 6.07) is 7.54. The summed E-state index contributed by atoms with van der Waals surface area (Å²) in [4.78, 5) is 10.1. The van der Waals surface area contributed by atoms with E-state index in [1.807, 2.05) is 0 Å².